The molecule has 0 saturated carbocycles. The number of para-hydroxylation sites is 1. The van der Waals surface area contributed by atoms with Crippen LogP contribution in [0.2, 0.25) is 0 Å². The Balaban J connectivity index is 1.36. The molecule has 0 saturated heterocycles. The number of nitrogens with zero attached hydrogens (tertiary/aromatic N) is 2. The molecule has 10 nitrogen and oxygen atoms in total. The first-order chi connectivity index (χ1) is 24.3. The molecule has 2 heterocycles. The number of hydrogen-bond acceptors (Lipinski definition) is 6. The highest BCUT2D eigenvalue weighted by atomic mass is 16.4. The van der Waals surface area contributed by atoms with Crippen LogP contribution in [0.15, 0.2) is 66.7 Å². The average molecular weight is 681 g/mol. The Hall–Kier alpha value is -6.16. The van der Waals surface area contributed by atoms with Crippen molar-refractivity contribution in [1.29, 1.82) is 0 Å². The van der Waals surface area contributed by atoms with E-state index >= 15 is 0 Å². The van der Waals surface area contributed by atoms with Crippen molar-refractivity contribution in [2.75, 3.05) is 4.90 Å². The van der Waals surface area contributed by atoms with E-state index in [0.29, 0.717) is 43.7 Å². The number of carbonyl (C=O) groups is 6. The molecule has 0 radical (unpaired) electrons. The monoisotopic (exact) mass is 680 g/mol. The lowest BCUT2D eigenvalue weighted by Crippen LogP contribution is -2.48. The molecule has 0 unspecified atom stereocenters. The van der Waals surface area contributed by atoms with Crippen molar-refractivity contribution in [2.45, 2.75) is 58.4 Å². The standard InChI is InChI=1S/C41H32N2O8/c1-18(2)21-6-5-7-22(19(3)4)37(21)43-40(50)29-14-10-25-23-8-12-27-35-28(39(49)42(38(27)48)20(16-31(44)45)17-32(46)47)13-9-24(33(23)35)26-11-15-30(41(43)51)36(29)34(25)26/h5-15,18-20H,16-17H2,1-4H3,(H,44,45)(H,46,47). The summed E-state index contributed by atoms with van der Waals surface area (Å²) >= 11 is 0. The SMILES string of the molecule is CC(C)c1cccc(C(C)C)c1N1C(=O)c2ccc3c4ccc5c6c(ccc(c7ccc(c2c37)C1=O)c64)C(=O)N(C(CC(=O)O)CC(=O)O)C5=O. The van der Waals surface area contributed by atoms with Gasteiger partial charge in [0.1, 0.15) is 0 Å². The van der Waals surface area contributed by atoms with Crippen LogP contribution in [0.25, 0.3) is 43.1 Å². The molecule has 0 bridgehead atoms. The van der Waals surface area contributed by atoms with Crippen molar-refractivity contribution < 1.29 is 39.0 Å². The predicted molar refractivity (Wildman–Crippen MR) is 192 cm³/mol. The van der Waals surface area contributed by atoms with E-state index < -0.39 is 54.5 Å². The van der Waals surface area contributed by atoms with Crippen LogP contribution < -0.4 is 4.90 Å². The van der Waals surface area contributed by atoms with Gasteiger partial charge in [-0.1, -0.05) is 70.2 Å². The zero-order valence-corrected chi connectivity index (χ0v) is 28.2. The molecular formula is C41H32N2O8. The predicted octanol–water partition coefficient (Wildman–Crippen LogP) is 7.70. The molecule has 254 valence electrons. The van der Waals surface area contributed by atoms with E-state index in [-0.39, 0.29) is 23.0 Å². The number of carboxylic acids is 2. The first-order valence-electron chi connectivity index (χ1n) is 16.8. The molecule has 8 rings (SSSR count). The number of imide groups is 2. The molecule has 2 N–H and O–H groups in total. The Morgan fingerprint density at radius 1 is 0.529 bits per heavy atom. The van der Waals surface area contributed by atoms with Gasteiger partial charge in [-0.25, -0.2) is 4.90 Å². The third-order valence-corrected chi connectivity index (χ3v) is 10.4. The second kappa shape index (κ2) is 11.2. The van der Waals surface area contributed by atoms with Gasteiger partial charge < -0.3 is 10.2 Å². The number of benzene rings is 6. The van der Waals surface area contributed by atoms with Crippen molar-refractivity contribution in [3.63, 3.8) is 0 Å². The summed E-state index contributed by atoms with van der Waals surface area (Å²) < 4.78 is 0. The number of amides is 4. The van der Waals surface area contributed by atoms with Crippen LogP contribution in [0, 0.1) is 0 Å². The molecule has 2 aliphatic heterocycles. The Bertz CT molecular complexity index is 2440. The Morgan fingerprint density at radius 2 is 0.882 bits per heavy atom. The zero-order valence-electron chi connectivity index (χ0n) is 28.2. The van der Waals surface area contributed by atoms with Crippen molar-refractivity contribution in [2.24, 2.45) is 0 Å². The first kappa shape index (κ1) is 32.1. The summed E-state index contributed by atoms with van der Waals surface area (Å²) in [6, 6.07) is 18.3. The smallest absolute Gasteiger partial charge is 0.305 e. The van der Waals surface area contributed by atoms with Crippen LogP contribution in [-0.2, 0) is 9.59 Å². The van der Waals surface area contributed by atoms with Crippen molar-refractivity contribution in [3.05, 3.63) is 100 Å². The minimum absolute atomic E-state index is 0.0562. The van der Waals surface area contributed by atoms with Gasteiger partial charge in [0.05, 0.1) is 24.6 Å². The quantitative estimate of drug-likeness (QED) is 0.0944. The minimum Gasteiger partial charge on any atom is -0.481 e. The third-order valence-electron chi connectivity index (χ3n) is 10.4. The maximum Gasteiger partial charge on any atom is 0.305 e. The number of aliphatic carboxylic acids is 2. The second-order valence-electron chi connectivity index (χ2n) is 14.0. The maximum absolute atomic E-state index is 14.5. The van der Waals surface area contributed by atoms with E-state index in [4.69, 9.17) is 0 Å². The average Bonchev–Trinajstić information content (AvgIpc) is 3.08. The number of hydrogen-bond donors (Lipinski definition) is 2. The van der Waals surface area contributed by atoms with Crippen LogP contribution in [-0.4, -0.2) is 56.7 Å². The van der Waals surface area contributed by atoms with Gasteiger partial charge >= 0.3 is 11.9 Å². The topological polar surface area (TPSA) is 149 Å². The van der Waals surface area contributed by atoms with Crippen LogP contribution >= 0.6 is 0 Å². The molecule has 4 amide bonds. The van der Waals surface area contributed by atoms with Gasteiger partial charge in [-0.15, -0.1) is 0 Å². The normalized spacial score (nSPS) is 14.6. The fraction of sp³-hybridized carbons (Fsp3) is 0.220. The first-order valence-corrected chi connectivity index (χ1v) is 16.8. The number of rotatable bonds is 8. The summed E-state index contributed by atoms with van der Waals surface area (Å²) in [6.07, 6.45) is -1.43. The van der Waals surface area contributed by atoms with Crippen molar-refractivity contribution in [1.82, 2.24) is 4.90 Å². The molecule has 0 spiro atoms. The summed E-state index contributed by atoms with van der Waals surface area (Å²) in [5.74, 6) is -4.90. The number of anilines is 1. The van der Waals surface area contributed by atoms with Gasteiger partial charge in [-0.3, -0.25) is 33.7 Å². The van der Waals surface area contributed by atoms with Gasteiger partial charge in [-0.2, -0.15) is 0 Å². The van der Waals surface area contributed by atoms with Crippen LogP contribution in [0.3, 0.4) is 0 Å². The summed E-state index contributed by atoms with van der Waals surface area (Å²) in [6.45, 7) is 8.16. The molecule has 2 aliphatic rings. The van der Waals surface area contributed by atoms with E-state index in [2.05, 4.69) is 0 Å². The van der Waals surface area contributed by atoms with E-state index in [1.807, 2.05) is 58.0 Å². The Morgan fingerprint density at radius 3 is 1.22 bits per heavy atom. The maximum atomic E-state index is 14.5. The Kier molecular flexibility index (Phi) is 7.03. The van der Waals surface area contributed by atoms with E-state index in [1.165, 1.54) is 4.90 Å². The summed E-state index contributed by atoms with van der Waals surface area (Å²) in [4.78, 5) is 82.2. The van der Waals surface area contributed by atoms with Gasteiger partial charge in [-0.05, 0) is 79.5 Å². The van der Waals surface area contributed by atoms with Crippen LogP contribution in [0.1, 0.15) is 105 Å². The lowest BCUT2D eigenvalue weighted by molar-refractivity contribution is -0.140. The largest absolute Gasteiger partial charge is 0.481 e. The van der Waals surface area contributed by atoms with Crippen LogP contribution in [0.5, 0.6) is 0 Å². The summed E-state index contributed by atoms with van der Waals surface area (Å²) in [5.41, 5.74) is 3.55. The molecule has 0 aliphatic carbocycles. The molecule has 0 atom stereocenters. The van der Waals surface area contributed by atoms with E-state index in [1.54, 1.807) is 36.4 Å². The molecule has 0 aromatic heterocycles. The van der Waals surface area contributed by atoms with E-state index in [9.17, 15) is 39.0 Å². The summed E-state index contributed by atoms with van der Waals surface area (Å²) in [7, 11) is 0. The lowest BCUT2D eigenvalue weighted by Gasteiger charge is -2.34. The van der Waals surface area contributed by atoms with E-state index in [0.717, 1.165) is 32.2 Å². The van der Waals surface area contributed by atoms with Crippen molar-refractivity contribution in [3.8, 4) is 0 Å². The summed E-state index contributed by atoms with van der Waals surface area (Å²) in [5, 5.41) is 24.1. The molecule has 0 fully saturated rings. The molecule has 6 aromatic rings. The molecular weight excluding hydrogens is 648 g/mol. The number of carboxylic acid groups (broad SMARTS) is 2. The highest BCUT2D eigenvalue weighted by Crippen LogP contribution is 2.48. The van der Waals surface area contributed by atoms with Crippen molar-refractivity contribution >= 4 is 84.3 Å². The molecule has 51 heavy (non-hydrogen) atoms. The second-order valence-corrected chi connectivity index (χ2v) is 14.0. The van der Waals surface area contributed by atoms with Gasteiger partial charge in [0.15, 0.2) is 0 Å². The molecule has 6 aromatic carbocycles. The van der Waals surface area contributed by atoms with Gasteiger partial charge in [0.2, 0.25) is 0 Å². The zero-order chi connectivity index (χ0) is 36.2. The fourth-order valence-corrected chi connectivity index (χ4v) is 8.25. The van der Waals surface area contributed by atoms with Gasteiger partial charge in [0, 0.05) is 33.0 Å². The fourth-order valence-electron chi connectivity index (χ4n) is 8.25. The number of carbonyl (C=O) groups excluding carboxylic acids is 4. The van der Waals surface area contributed by atoms with Gasteiger partial charge in [0.25, 0.3) is 23.6 Å². The van der Waals surface area contributed by atoms with Crippen LogP contribution in [0.4, 0.5) is 5.69 Å². The minimum atomic E-state index is -1.38. The number of fused-ring (bicyclic) bond motifs is 2. The highest BCUT2D eigenvalue weighted by Gasteiger charge is 2.41. The Labute approximate surface area is 291 Å². The lowest BCUT2D eigenvalue weighted by atomic mass is 9.81. The molecule has 10 heteroatoms. The third kappa shape index (κ3) is 4.42. The highest BCUT2D eigenvalue weighted by molar-refractivity contribution is 6.44.